The largest absolute Gasteiger partial charge is 0.326 e. The fourth-order valence-electron chi connectivity index (χ4n) is 2.10. The van der Waals surface area contributed by atoms with E-state index in [4.69, 9.17) is 5.73 Å². The number of nitrogens with zero attached hydrogens (tertiary/aromatic N) is 2. The number of hydrogen-bond donors (Lipinski definition) is 1. The van der Waals surface area contributed by atoms with Gasteiger partial charge in [-0.15, -0.1) is 0 Å². The molecule has 1 aromatic heterocycles. The Kier molecular flexibility index (Phi) is 2.89. The van der Waals surface area contributed by atoms with Crippen LogP contribution in [0.3, 0.4) is 0 Å². The zero-order valence-electron chi connectivity index (χ0n) is 9.68. The number of para-hydroxylation sites is 2. The summed E-state index contributed by atoms with van der Waals surface area (Å²) in [5.74, 6) is 0. The summed E-state index contributed by atoms with van der Waals surface area (Å²) in [6.07, 6.45) is 1.84. The highest BCUT2D eigenvalue weighted by molar-refractivity contribution is 9.10. The third-order valence-corrected chi connectivity index (χ3v) is 3.47. The SMILES string of the molecule is NCc1cc(Br)ccc1-n1cnc2ccccc21. The van der Waals surface area contributed by atoms with Crippen molar-refractivity contribution < 1.29 is 0 Å². The number of aromatic nitrogens is 2. The Bertz CT molecular complexity index is 703. The van der Waals surface area contributed by atoms with Crippen LogP contribution >= 0.6 is 15.9 Å². The second kappa shape index (κ2) is 4.55. The van der Waals surface area contributed by atoms with E-state index in [1.165, 1.54) is 0 Å². The molecule has 0 aliphatic rings. The Hall–Kier alpha value is -1.65. The number of nitrogens with two attached hydrogens (primary N) is 1. The van der Waals surface area contributed by atoms with Gasteiger partial charge in [-0.1, -0.05) is 28.1 Å². The van der Waals surface area contributed by atoms with Crippen LogP contribution in [0.5, 0.6) is 0 Å². The molecule has 2 N–H and O–H groups in total. The normalized spacial score (nSPS) is 11.0. The Morgan fingerprint density at radius 1 is 1.17 bits per heavy atom. The maximum absolute atomic E-state index is 5.82. The standard InChI is InChI=1S/C14H12BrN3/c15-11-5-6-13(10(7-11)8-16)18-9-17-12-3-1-2-4-14(12)18/h1-7,9H,8,16H2. The van der Waals surface area contributed by atoms with Gasteiger partial charge in [0.15, 0.2) is 0 Å². The molecule has 0 bridgehead atoms. The van der Waals surface area contributed by atoms with Crippen LogP contribution in [0.1, 0.15) is 5.56 Å². The van der Waals surface area contributed by atoms with Crippen molar-refractivity contribution in [3.05, 3.63) is 58.8 Å². The summed E-state index contributed by atoms with van der Waals surface area (Å²) in [7, 11) is 0. The third kappa shape index (κ3) is 1.83. The monoisotopic (exact) mass is 301 g/mol. The maximum Gasteiger partial charge on any atom is 0.100 e. The van der Waals surface area contributed by atoms with Gasteiger partial charge in [-0.3, -0.25) is 4.57 Å². The van der Waals surface area contributed by atoms with Crippen LogP contribution in [0.4, 0.5) is 0 Å². The van der Waals surface area contributed by atoms with Crippen molar-refractivity contribution in [3.8, 4) is 5.69 Å². The number of imidazole rings is 1. The molecule has 18 heavy (non-hydrogen) atoms. The summed E-state index contributed by atoms with van der Waals surface area (Å²) in [4.78, 5) is 4.40. The highest BCUT2D eigenvalue weighted by atomic mass is 79.9. The summed E-state index contributed by atoms with van der Waals surface area (Å²) < 4.78 is 3.11. The molecule has 0 radical (unpaired) electrons. The number of halogens is 1. The Balaban J connectivity index is 2.26. The minimum absolute atomic E-state index is 0.501. The van der Waals surface area contributed by atoms with Gasteiger partial charge >= 0.3 is 0 Å². The molecule has 3 rings (SSSR count). The molecule has 0 aliphatic heterocycles. The molecule has 3 nitrogen and oxygen atoms in total. The van der Waals surface area contributed by atoms with Crippen LogP contribution < -0.4 is 5.73 Å². The molecule has 0 saturated carbocycles. The molecule has 0 spiro atoms. The number of benzene rings is 2. The van der Waals surface area contributed by atoms with E-state index in [0.717, 1.165) is 26.8 Å². The van der Waals surface area contributed by atoms with Crippen LogP contribution in [-0.2, 0) is 6.54 Å². The van der Waals surface area contributed by atoms with Crippen LogP contribution in [0.2, 0.25) is 0 Å². The highest BCUT2D eigenvalue weighted by Crippen LogP contribution is 2.23. The lowest BCUT2D eigenvalue weighted by Gasteiger charge is -2.10. The van der Waals surface area contributed by atoms with E-state index in [1.54, 1.807) is 0 Å². The van der Waals surface area contributed by atoms with Gasteiger partial charge < -0.3 is 5.73 Å². The summed E-state index contributed by atoms with van der Waals surface area (Å²) in [5, 5.41) is 0. The van der Waals surface area contributed by atoms with Crippen LogP contribution in [0, 0.1) is 0 Å². The van der Waals surface area contributed by atoms with Crippen LogP contribution in [0.25, 0.3) is 16.7 Å². The molecule has 0 unspecified atom stereocenters. The summed E-state index contributed by atoms with van der Waals surface area (Å²) in [5.41, 5.74) is 10.1. The molecule has 1 heterocycles. The smallest absolute Gasteiger partial charge is 0.100 e. The molecule has 90 valence electrons. The van der Waals surface area contributed by atoms with Crippen molar-refractivity contribution >= 4 is 27.0 Å². The average Bonchev–Trinajstić information content (AvgIpc) is 2.82. The minimum Gasteiger partial charge on any atom is -0.326 e. The van der Waals surface area contributed by atoms with Gasteiger partial charge in [-0.25, -0.2) is 4.98 Å². The van der Waals surface area contributed by atoms with E-state index >= 15 is 0 Å². The topological polar surface area (TPSA) is 43.8 Å². The Morgan fingerprint density at radius 2 is 2.00 bits per heavy atom. The first-order valence-electron chi connectivity index (χ1n) is 5.70. The van der Waals surface area contributed by atoms with Crippen LogP contribution in [-0.4, -0.2) is 9.55 Å². The van der Waals surface area contributed by atoms with Gasteiger partial charge in [0.05, 0.1) is 16.7 Å². The van der Waals surface area contributed by atoms with Gasteiger partial charge in [-0.2, -0.15) is 0 Å². The lowest BCUT2D eigenvalue weighted by atomic mass is 10.1. The van der Waals surface area contributed by atoms with E-state index in [1.807, 2.05) is 36.7 Å². The zero-order chi connectivity index (χ0) is 12.5. The molecule has 3 aromatic rings. The fraction of sp³-hybridized carbons (Fsp3) is 0.0714. The second-order valence-corrected chi connectivity index (χ2v) is 5.00. The number of rotatable bonds is 2. The Labute approximate surface area is 113 Å². The average molecular weight is 302 g/mol. The van der Waals surface area contributed by atoms with Crippen molar-refractivity contribution in [2.24, 2.45) is 5.73 Å². The second-order valence-electron chi connectivity index (χ2n) is 4.08. The molecule has 2 aromatic carbocycles. The van der Waals surface area contributed by atoms with E-state index in [-0.39, 0.29) is 0 Å². The van der Waals surface area contributed by atoms with E-state index < -0.39 is 0 Å². The van der Waals surface area contributed by atoms with E-state index in [9.17, 15) is 0 Å². The number of hydrogen-bond acceptors (Lipinski definition) is 2. The Morgan fingerprint density at radius 3 is 2.83 bits per heavy atom. The molecule has 0 fully saturated rings. The first-order chi connectivity index (χ1) is 8.79. The van der Waals surface area contributed by atoms with Gasteiger partial charge in [-0.05, 0) is 35.9 Å². The lowest BCUT2D eigenvalue weighted by Crippen LogP contribution is -2.03. The third-order valence-electron chi connectivity index (χ3n) is 2.97. The maximum atomic E-state index is 5.82. The van der Waals surface area contributed by atoms with Crippen molar-refractivity contribution in [1.82, 2.24) is 9.55 Å². The quantitative estimate of drug-likeness (QED) is 0.789. The van der Waals surface area contributed by atoms with Crippen molar-refractivity contribution in [2.45, 2.75) is 6.54 Å². The van der Waals surface area contributed by atoms with E-state index in [2.05, 4.69) is 37.6 Å². The van der Waals surface area contributed by atoms with Crippen LogP contribution in [0.15, 0.2) is 53.3 Å². The fourth-order valence-corrected chi connectivity index (χ4v) is 2.51. The van der Waals surface area contributed by atoms with Crippen molar-refractivity contribution in [2.75, 3.05) is 0 Å². The minimum atomic E-state index is 0.501. The zero-order valence-corrected chi connectivity index (χ0v) is 11.3. The molecule has 4 heteroatoms. The molecule has 0 amide bonds. The predicted molar refractivity (Wildman–Crippen MR) is 76.7 cm³/mol. The molecule has 0 atom stereocenters. The van der Waals surface area contributed by atoms with Gasteiger partial charge in [0, 0.05) is 11.0 Å². The predicted octanol–water partition coefficient (Wildman–Crippen LogP) is 3.25. The van der Waals surface area contributed by atoms with Gasteiger partial charge in [0.25, 0.3) is 0 Å². The van der Waals surface area contributed by atoms with E-state index in [0.29, 0.717) is 6.54 Å². The first kappa shape index (κ1) is 11.4. The molecule has 0 aliphatic carbocycles. The lowest BCUT2D eigenvalue weighted by molar-refractivity contribution is 0.998. The number of fused-ring (bicyclic) bond motifs is 1. The highest BCUT2D eigenvalue weighted by Gasteiger charge is 2.08. The van der Waals surface area contributed by atoms with Gasteiger partial charge in [0.2, 0.25) is 0 Å². The van der Waals surface area contributed by atoms with Gasteiger partial charge in [0.1, 0.15) is 6.33 Å². The first-order valence-corrected chi connectivity index (χ1v) is 6.50. The molecular weight excluding hydrogens is 290 g/mol. The molecular formula is C14H12BrN3. The summed E-state index contributed by atoms with van der Waals surface area (Å²) >= 11 is 3.47. The summed E-state index contributed by atoms with van der Waals surface area (Å²) in [6, 6.07) is 14.2. The van der Waals surface area contributed by atoms with Crippen molar-refractivity contribution in [3.63, 3.8) is 0 Å². The summed E-state index contributed by atoms with van der Waals surface area (Å²) in [6.45, 7) is 0.501. The van der Waals surface area contributed by atoms with Crippen molar-refractivity contribution in [1.29, 1.82) is 0 Å². The molecule has 0 saturated heterocycles.